The van der Waals surface area contributed by atoms with Gasteiger partial charge in [-0.05, 0) is 42.0 Å². The summed E-state index contributed by atoms with van der Waals surface area (Å²) in [5.41, 5.74) is 3.53. The van der Waals surface area contributed by atoms with Crippen LogP contribution in [0.25, 0.3) is 0 Å². The van der Waals surface area contributed by atoms with Crippen molar-refractivity contribution < 1.29 is 13.2 Å². The molecule has 9 nitrogen and oxygen atoms in total. The van der Waals surface area contributed by atoms with E-state index in [-0.39, 0.29) is 5.91 Å². The maximum absolute atomic E-state index is 12.5. The van der Waals surface area contributed by atoms with Crippen LogP contribution in [0.1, 0.15) is 15.9 Å². The second-order valence-electron chi connectivity index (χ2n) is 7.86. The van der Waals surface area contributed by atoms with Crippen LogP contribution in [0.4, 0.5) is 11.4 Å². The molecular weight excluding hydrogens is 428 g/mol. The number of nitrogens with zero attached hydrogens (tertiary/aromatic N) is 3. The first-order valence-electron chi connectivity index (χ1n) is 10.6. The van der Waals surface area contributed by atoms with Gasteiger partial charge in [0.1, 0.15) is 0 Å². The zero-order chi connectivity index (χ0) is 22.6. The molecule has 4 rings (SSSR count). The molecule has 32 heavy (non-hydrogen) atoms. The number of carbonyl (C=O) groups excluding carboxylic acids is 1. The molecule has 2 aliphatic rings. The largest absolute Gasteiger partial charge is 0.369 e. The molecule has 2 aromatic rings. The number of hydrogen-bond donors (Lipinski definition) is 3. The number of amides is 1. The van der Waals surface area contributed by atoms with Gasteiger partial charge >= 0.3 is 0 Å². The van der Waals surface area contributed by atoms with Gasteiger partial charge in [-0.25, -0.2) is 8.42 Å². The fraction of sp³-hybridized carbons (Fsp3) is 0.364. The number of benzene rings is 2. The number of sulfonamides is 1. The third-order valence-electron chi connectivity index (χ3n) is 5.55. The predicted octanol–water partition coefficient (Wildman–Crippen LogP) is 1.07. The Hall–Kier alpha value is -3.11. The van der Waals surface area contributed by atoms with E-state index in [9.17, 15) is 13.2 Å². The number of carbonyl (C=O) groups is 1. The number of aliphatic imine (C=N–C) groups is 1. The van der Waals surface area contributed by atoms with Gasteiger partial charge in [0.15, 0.2) is 5.96 Å². The van der Waals surface area contributed by atoms with Gasteiger partial charge in [0, 0.05) is 56.2 Å². The lowest BCUT2D eigenvalue weighted by Gasteiger charge is -2.34. The molecule has 170 valence electrons. The molecule has 0 aromatic heterocycles. The van der Waals surface area contributed by atoms with Crippen LogP contribution in [0.5, 0.6) is 0 Å². The van der Waals surface area contributed by atoms with E-state index in [1.165, 1.54) is 10.6 Å². The van der Waals surface area contributed by atoms with Crippen LogP contribution in [-0.2, 0) is 16.6 Å². The van der Waals surface area contributed by atoms with Crippen LogP contribution >= 0.6 is 0 Å². The van der Waals surface area contributed by atoms with Crippen molar-refractivity contribution in [2.24, 2.45) is 4.99 Å². The third kappa shape index (κ3) is 5.57. The Morgan fingerprint density at radius 2 is 1.72 bits per heavy atom. The van der Waals surface area contributed by atoms with Gasteiger partial charge in [0.25, 0.3) is 5.91 Å². The van der Waals surface area contributed by atoms with Gasteiger partial charge in [0.05, 0.1) is 12.8 Å². The Labute approximate surface area is 188 Å². The molecular formula is C22H28N6O3S. The molecule has 2 aromatic carbocycles. The van der Waals surface area contributed by atoms with Gasteiger partial charge in [-0.3, -0.25) is 9.79 Å². The first-order chi connectivity index (χ1) is 15.4. The van der Waals surface area contributed by atoms with Crippen molar-refractivity contribution in [3.8, 4) is 0 Å². The molecule has 0 spiro atoms. The maximum Gasteiger partial charge on any atom is 0.251 e. The molecule has 0 bridgehead atoms. The van der Waals surface area contributed by atoms with E-state index in [0.29, 0.717) is 38.3 Å². The van der Waals surface area contributed by atoms with Gasteiger partial charge in [-0.2, -0.15) is 4.31 Å². The number of piperazine rings is 1. The molecule has 0 aliphatic carbocycles. The molecule has 0 radical (unpaired) electrons. The maximum atomic E-state index is 12.5. The molecule has 1 amide bonds. The molecule has 1 saturated heterocycles. The van der Waals surface area contributed by atoms with Crippen molar-refractivity contribution in [2.45, 2.75) is 6.54 Å². The molecule has 10 heteroatoms. The highest BCUT2D eigenvalue weighted by Crippen LogP contribution is 2.18. The zero-order valence-corrected chi connectivity index (χ0v) is 18.9. The van der Waals surface area contributed by atoms with Crippen molar-refractivity contribution >= 4 is 33.3 Å². The molecule has 1 fully saturated rings. The molecule has 0 unspecified atom stereocenters. The lowest BCUT2D eigenvalue weighted by Crippen LogP contribution is -2.48. The fourth-order valence-corrected chi connectivity index (χ4v) is 4.54. The van der Waals surface area contributed by atoms with E-state index in [1.54, 1.807) is 12.1 Å². The molecule has 0 atom stereocenters. The lowest BCUT2D eigenvalue weighted by molar-refractivity contribution is 0.0951. The van der Waals surface area contributed by atoms with Gasteiger partial charge in [-0.15, -0.1) is 0 Å². The van der Waals surface area contributed by atoms with Crippen LogP contribution in [0.3, 0.4) is 0 Å². The fourth-order valence-electron chi connectivity index (χ4n) is 3.71. The Morgan fingerprint density at radius 3 is 2.31 bits per heavy atom. The summed E-state index contributed by atoms with van der Waals surface area (Å²) < 4.78 is 24.8. The topological polar surface area (TPSA) is 106 Å². The predicted molar refractivity (Wildman–Crippen MR) is 127 cm³/mol. The Kier molecular flexibility index (Phi) is 6.61. The number of anilines is 2. The van der Waals surface area contributed by atoms with Gasteiger partial charge in [0.2, 0.25) is 10.0 Å². The second kappa shape index (κ2) is 9.58. The monoisotopic (exact) mass is 456 g/mol. The summed E-state index contributed by atoms with van der Waals surface area (Å²) >= 11 is 0. The molecule has 3 N–H and O–H groups in total. The second-order valence-corrected chi connectivity index (χ2v) is 9.84. The van der Waals surface area contributed by atoms with Gasteiger partial charge < -0.3 is 20.9 Å². The highest BCUT2D eigenvalue weighted by molar-refractivity contribution is 7.88. The standard InChI is InChI=1S/C22H28N6O3S/c1-32(30,31)28-14-12-27(13-15-28)20-8-4-18(5-9-20)21(29)25-16-17-2-6-19(7-3-17)26-22-23-10-11-24-22/h2-9H,10-16H2,1H3,(H,25,29)(H2,23,24,26). The summed E-state index contributed by atoms with van der Waals surface area (Å²) in [6.07, 6.45) is 1.24. The van der Waals surface area contributed by atoms with Crippen molar-refractivity contribution in [3.63, 3.8) is 0 Å². The van der Waals surface area contributed by atoms with E-state index in [2.05, 4.69) is 25.8 Å². The number of nitrogens with one attached hydrogen (secondary N) is 3. The molecule has 0 saturated carbocycles. The third-order valence-corrected chi connectivity index (χ3v) is 6.85. The number of guanidine groups is 1. The number of rotatable bonds is 6. The van der Waals surface area contributed by atoms with Crippen LogP contribution in [0, 0.1) is 0 Å². The van der Waals surface area contributed by atoms with E-state index in [1.807, 2.05) is 36.4 Å². The smallest absolute Gasteiger partial charge is 0.251 e. The summed E-state index contributed by atoms with van der Waals surface area (Å²) in [5, 5.41) is 9.33. The average Bonchev–Trinajstić information content (AvgIpc) is 3.31. The highest BCUT2D eigenvalue weighted by atomic mass is 32.2. The van der Waals surface area contributed by atoms with Crippen LogP contribution in [-0.4, -0.2) is 70.1 Å². The highest BCUT2D eigenvalue weighted by Gasteiger charge is 2.23. The average molecular weight is 457 g/mol. The van der Waals surface area contributed by atoms with Gasteiger partial charge in [-0.1, -0.05) is 12.1 Å². The Bertz CT molecular complexity index is 1080. The van der Waals surface area contributed by atoms with Crippen molar-refractivity contribution in [3.05, 3.63) is 59.7 Å². The van der Waals surface area contributed by atoms with Crippen LogP contribution < -0.4 is 20.9 Å². The van der Waals surface area contributed by atoms with Crippen molar-refractivity contribution in [2.75, 3.05) is 55.7 Å². The minimum Gasteiger partial charge on any atom is -0.369 e. The van der Waals surface area contributed by atoms with Crippen molar-refractivity contribution in [1.29, 1.82) is 0 Å². The minimum atomic E-state index is -3.14. The minimum absolute atomic E-state index is 0.134. The summed E-state index contributed by atoms with van der Waals surface area (Å²) in [6, 6.07) is 15.3. The first-order valence-corrected chi connectivity index (χ1v) is 12.5. The van der Waals surface area contributed by atoms with E-state index in [4.69, 9.17) is 0 Å². The summed E-state index contributed by atoms with van der Waals surface area (Å²) in [5.74, 6) is 0.650. The SMILES string of the molecule is CS(=O)(=O)N1CCN(c2ccc(C(=O)NCc3ccc(NC4=NCCN4)cc3)cc2)CC1. The molecule has 2 aliphatic heterocycles. The summed E-state index contributed by atoms with van der Waals surface area (Å²) in [4.78, 5) is 19.0. The van der Waals surface area contributed by atoms with Crippen LogP contribution in [0.2, 0.25) is 0 Å². The summed E-state index contributed by atoms with van der Waals surface area (Å²) in [7, 11) is -3.14. The van der Waals surface area contributed by atoms with E-state index >= 15 is 0 Å². The van der Waals surface area contributed by atoms with E-state index < -0.39 is 10.0 Å². The number of hydrogen-bond acceptors (Lipinski definition) is 7. The van der Waals surface area contributed by atoms with E-state index in [0.717, 1.165) is 36.0 Å². The lowest BCUT2D eigenvalue weighted by atomic mass is 10.1. The Balaban J connectivity index is 1.27. The Morgan fingerprint density at radius 1 is 1.03 bits per heavy atom. The quantitative estimate of drug-likeness (QED) is 0.601. The van der Waals surface area contributed by atoms with Crippen molar-refractivity contribution in [1.82, 2.24) is 14.9 Å². The first kappa shape index (κ1) is 22.1. The normalized spacial score (nSPS) is 16.9. The zero-order valence-electron chi connectivity index (χ0n) is 18.0. The molecule has 2 heterocycles. The van der Waals surface area contributed by atoms with Crippen LogP contribution in [0.15, 0.2) is 53.5 Å². The summed E-state index contributed by atoms with van der Waals surface area (Å²) in [6.45, 7) is 4.29.